The molecule has 2 bridgehead atoms. The number of fused-ring (bicyclic) bond motifs is 5. The third-order valence-corrected chi connectivity index (χ3v) is 13.2. The van der Waals surface area contributed by atoms with Crippen molar-refractivity contribution >= 4 is 14.3 Å². The lowest BCUT2D eigenvalue weighted by Gasteiger charge is -2.27. The normalized spacial score (nSPS) is 53.3. The van der Waals surface area contributed by atoms with E-state index in [-0.39, 0.29) is 17.0 Å². The summed E-state index contributed by atoms with van der Waals surface area (Å²) in [5.41, 5.74) is 3.03. The molecule has 2 nitrogen and oxygen atoms in total. The summed E-state index contributed by atoms with van der Waals surface area (Å²) in [6.07, 6.45) is 3.69. The Kier molecular flexibility index (Phi) is 2.69. The van der Waals surface area contributed by atoms with Crippen molar-refractivity contribution in [1.29, 1.82) is 0 Å². The van der Waals surface area contributed by atoms with Gasteiger partial charge in [0, 0.05) is 29.1 Å². The van der Waals surface area contributed by atoms with Gasteiger partial charge in [-0.2, -0.15) is 0 Å². The van der Waals surface area contributed by atoms with Crippen molar-refractivity contribution in [2.24, 2.45) is 5.92 Å². The van der Waals surface area contributed by atoms with Gasteiger partial charge in [0.15, 0.2) is 0 Å². The Bertz CT molecular complexity index is 558. The molecule has 1 saturated heterocycles. The van der Waals surface area contributed by atoms with Crippen LogP contribution in [-0.4, -0.2) is 29.3 Å². The van der Waals surface area contributed by atoms with Gasteiger partial charge < -0.3 is 9.13 Å². The highest BCUT2D eigenvalue weighted by Gasteiger charge is 2.66. The lowest BCUT2D eigenvalue weighted by Crippen LogP contribution is -2.28. The molecule has 3 heterocycles. The maximum Gasteiger partial charge on any atom is 0.113 e. The van der Waals surface area contributed by atoms with E-state index >= 15 is 0 Å². The van der Waals surface area contributed by atoms with E-state index in [4.69, 9.17) is 0 Å². The zero-order chi connectivity index (χ0) is 13.3. The Hall–Kier alpha value is -0.0600. The summed E-state index contributed by atoms with van der Waals surface area (Å²) in [5.74, 6) is 2.37. The van der Waals surface area contributed by atoms with Crippen LogP contribution in [0.4, 0.5) is 0 Å². The highest BCUT2D eigenvalue weighted by Crippen LogP contribution is 2.81. The third kappa shape index (κ3) is 1.27. The monoisotopic (exact) mass is 284 g/mol. The second-order valence-corrected chi connectivity index (χ2v) is 12.8. The van der Waals surface area contributed by atoms with Gasteiger partial charge >= 0.3 is 0 Å². The predicted molar refractivity (Wildman–Crippen MR) is 78.7 cm³/mol. The Morgan fingerprint density at radius 1 is 1.11 bits per heavy atom. The Balaban J connectivity index is 2.18. The fourth-order valence-corrected chi connectivity index (χ4v) is 13.4. The largest absolute Gasteiger partial charge is 0.322 e. The molecular formula is C14H22O2P2. The van der Waals surface area contributed by atoms with E-state index in [9.17, 15) is 9.13 Å². The fraction of sp³-hybridized carbons (Fsp3) is 0.714. The minimum absolute atomic E-state index is 0.108. The standard InChI is InChI=1S/C14H22O2P2/c1-5-17(15)8-10(4)12-13-9(3)7-11(14(12)17)18(13,16)6-2/h7-8,11-14H,5-6H2,1-4H3. The second-order valence-electron chi connectivity index (χ2n) is 6.08. The highest BCUT2D eigenvalue weighted by atomic mass is 31.2. The van der Waals surface area contributed by atoms with Gasteiger partial charge in [-0.15, -0.1) is 0 Å². The quantitative estimate of drug-likeness (QED) is 0.557. The van der Waals surface area contributed by atoms with Crippen LogP contribution in [0.3, 0.4) is 0 Å². The van der Waals surface area contributed by atoms with Crippen LogP contribution in [0, 0.1) is 5.92 Å². The SMILES string of the molecule is CCP1(=O)C=C(C)C2C1C1C=C(C)C2P1(=O)CC. The molecule has 0 amide bonds. The zero-order valence-corrected chi connectivity index (χ0v) is 13.4. The van der Waals surface area contributed by atoms with E-state index in [0.29, 0.717) is 5.92 Å². The van der Waals surface area contributed by atoms with E-state index in [1.165, 1.54) is 11.1 Å². The van der Waals surface area contributed by atoms with Crippen molar-refractivity contribution in [1.82, 2.24) is 0 Å². The maximum absolute atomic E-state index is 13.3. The topological polar surface area (TPSA) is 34.1 Å². The molecule has 0 spiro atoms. The number of allylic oxidation sites excluding steroid dienone is 3. The molecule has 3 rings (SSSR count). The number of hydrogen-bond donors (Lipinski definition) is 0. The number of hydrogen-bond acceptors (Lipinski definition) is 2. The average Bonchev–Trinajstić information content (AvgIpc) is 2.85. The number of rotatable bonds is 2. The van der Waals surface area contributed by atoms with Crippen molar-refractivity contribution in [3.63, 3.8) is 0 Å². The molecule has 1 fully saturated rings. The van der Waals surface area contributed by atoms with Gasteiger partial charge in [-0.05, 0) is 25.8 Å². The van der Waals surface area contributed by atoms with Gasteiger partial charge in [0.05, 0.1) is 0 Å². The molecule has 18 heavy (non-hydrogen) atoms. The van der Waals surface area contributed by atoms with Crippen molar-refractivity contribution in [2.75, 3.05) is 12.3 Å². The maximum atomic E-state index is 13.3. The van der Waals surface area contributed by atoms with Crippen LogP contribution in [-0.2, 0) is 9.13 Å². The minimum Gasteiger partial charge on any atom is -0.322 e. The van der Waals surface area contributed by atoms with Crippen molar-refractivity contribution in [3.05, 3.63) is 23.0 Å². The van der Waals surface area contributed by atoms with Crippen LogP contribution in [0.25, 0.3) is 0 Å². The van der Waals surface area contributed by atoms with Gasteiger partial charge in [0.1, 0.15) is 14.3 Å². The molecule has 6 unspecified atom stereocenters. The first kappa shape index (κ1) is 12.9. The van der Waals surface area contributed by atoms with E-state index in [0.717, 1.165) is 12.3 Å². The molecule has 0 N–H and O–H groups in total. The molecule has 0 aromatic heterocycles. The Morgan fingerprint density at radius 2 is 1.78 bits per heavy atom. The molecule has 0 aromatic carbocycles. The molecule has 3 aliphatic rings. The first-order valence-electron chi connectivity index (χ1n) is 6.93. The summed E-state index contributed by atoms with van der Waals surface area (Å²) in [5, 5.41) is 0. The Morgan fingerprint density at radius 3 is 2.33 bits per heavy atom. The van der Waals surface area contributed by atoms with E-state index < -0.39 is 14.3 Å². The van der Waals surface area contributed by atoms with Gasteiger partial charge in [0.2, 0.25) is 0 Å². The van der Waals surface area contributed by atoms with Crippen LogP contribution >= 0.6 is 14.3 Å². The summed E-state index contributed by atoms with van der Waals surface area (Å²) in [6, 6.07) is 0. The van der Waals surface area contributed by atoms with Crippen LogP contribution in [0.5, 0.6) is 0 Å². The molecule has 3 aliphatic heterocycles. The molecule has 0 aliphatic carbocycles. The van der Waals surface area contributed by atoms with Crippen LogP contribution in [0.2, 0.25) is 0 Å². The van der Waals surface area contributed by atoms with Gasteiger partial charge in [-0.25, -0.2) is 0 Å². The summed E-state index contributed by atoms with van der Waals surface area (Å²) < 4.78 is 26.4. The molecule has 0 radical (unpaired) electrons. The molecule has 100 valence electrons. The summed E-state index contributed by atoms with van der Waals surface area (Å²) >= 11 is 0. The van der Waals surface area contributed by atoms with Crippen LogP contribution in [0.15, 0.2) is 23.0 Å². The lowest BCUT2D eigenvalue weighted by atomic mass is 9.85. The summed E-state index contributed by atoms with van der Waals surface area (Å²) in [4.78, 5) is 0. The van der Waals surface area contributed by atoms with E-state index in [1.807, 2.05) is 19.7 Å². The molecule has 0 saturated carbocycles. The van der Waals surface area contributed by atoms with E-state index in [1.54, 1.807) is 0 Å². The summed E-state index contributed by atoms with van der Waals surface area (Å²) in [6.45, 7) is 8.28. The molecule has 4 heteroatoms. The van der Waals surface area contributed by atoms with E-state index in [2.05, 4.69) is 19.9 Å². The highest BCUT2D eigenvalue weighted by molar-refractivity contribution is 7.72. The minimum atomic E-state index is -2.25. The van der Waals surface area contributed by atoms with Gasteiger partial charge in [-0.1, -0.05) is 31.1 Å². The fourth-order valence-electron chi connectivity index (χ4n) is 4.61. The van der Waals surface area contributed by atoms with Gasteiger partial charge in [-0.3, -0.25) is 0 Å². The average molecular weight is 284 g/mol. The summed E-state index contributed by atoms with van der Waals surface area (Å²) in [7, 11) is -4.44. The van der Waals surface area contributed by atoms with Gasteiger partial charge in [0.25, 0.3) is 0 Å². The third-order valence-electron chi connectivity index (χ3n) is 5.37. The van der Waals surface area contributed by atoms with Crippen molar-refractivity contribution in [2.45, 2.75) is 44.7 Å². The van der Waals surface area contributed by atoms with Crippen LogP contribution < -0.4 is 0 Å². The molecular weight excluding hydrogens is 262 g/mol. The van der Waals surface area contributed by atoms with Crippen LogP contribution in [0.1, 0.15) is 27.7 Å². The van der Waals surface area contributed by atoms with Crippen molar-refractivity contribution in [3.8, 4) is 0 Å². The predicted octanol–water partition coefficient (Wildman–Crippen LogP) is 4.37. The zero-order valence-electron chi connectivity index (χ0n) is 11.6. The lowest BCUT2D eigenvalue weighted by molar-refractivity contribution is 0.546. The second kappa shape index (κ2) is 3.74. The Labute approximate surface area is 110 Å². The smallest absolute Gasteiger partial charge is 0.113 e. The first-order chi connectivity index (χ1) is 8.39. The van der Waals surface area contributed by atoms with Crippen molar-refractivity contribution < 1.29 is 9.13 Å². The molecule has 0 aromatic rings. The molecule has 6 atom stereocenters. The first-order valence-corrected chi connectivity index (χ1v) is 11.0.